The second-order valence-electron chi connectivity index (χ2n) is 12.1. The van der Waals surface area contributed by atoms with Crippen molar-refractivity contribution in [2.45, 2.75) is 52.9 Å². The van der Waals surface area contributed by atoms with Crippen LogP contribution in [0.4, 0.5) is 4.79 Å². The zero-order valence-electron chi connectivity index (χ0n) is 27.2. The first-order valence-electron chi connectivity index (χ1n) is 15.0. The quantitative estimate of drug-likeness (QED) is 0.0974. The van der Waals surface area contributed by atoms with Crippen LogP contribution in [0, 0.1) is 20.8 Å². The van der Waals surface area contributed by atoms with E-state index in [1.165, 1.54) is 0 Å². The molecule has 0 saturated heterocycles. The van der Waals surface area contributed by atoms with Gasteiger partial charge in [0.15, 0.2) is 0 Å². The Kier molecular flexibility index (Phi) is 11.9. The molecular formula is C39H42O8. The van der Waals surface area contributed by atoms with Crippen molar-refractivity contribution in [2.75, 3.05) is 0 Å². The first-order chi connectivity index (χ1) is 22.1. The van der Waals surface area contributed by atoms with Crippen LogP contribution in [0.5, 0.6) is 28.7 Å². The Morgan fingerprint density at radius 2 is 0.830 bits per heavy atom. The molecule has 0 heterocycles. The van der Waals surface area contributed by atoms with E-state index in [9.17, 15) is 25.5 Å². The zero-order valence-corrected chi connectivity index (χ0v) is 27.2. The van der Waals surface area contributed by atoms with Gasteiger partial charge in [0, 0.05) is 18.3 Å². The monoisotopic (exact) mass is 638 g/mol. The molecule has 47 heavy (non-hydrogen) atoms. The number of phenols is 5. The SMILES string of the molecule is CC(C)(c1ccc(O)cc1)c1ccc(O)cc1.Cc1ccc(O)c(Cc2cc(C)cc(Cc3cc(C)ccc3O)c2O)c1.O=C(O)O. The number of hydrogen-bond donors (Lipinski definition) is 7. The third kappa shape index (κ3) is 10.2. The van der Waals surface area contributed by atoms with Crippen LogP contribution in [-0.2, 0) is 18.3 Å². The molecule has 0 aliphatic carbocycles. The molecule has 5 rings (SSSR count). The fourth-order valence-corrected chi connectivity index (χ4v) is 5.25. The minimum atomic E-state index is -1.83. The van der Waals surface area contributed by atoms with E-state index in [1.54, 1.807) is 36.4 Å². The number of carbonyl (C=O) groups is 1. The molecule has 0 fully saturated rings. The van der Waals surface area contributed by atoms with Gasteiger partial charge in [0.25, 0.3) is 0 Å². The molecule has 0 saturated carbocycles. The van der Waals surface area contributed by atoms with E-state index in [0.29, 0.717) is 12.8 Å². The van der Waals surface area contributed by atoms with E-state index in [2.05, 4.69) is 13.8 Å². The van der Waals surface area contributed by atoms with Crippen LogP contribution in [-0.4, -0.2) is 41.9 Å². The van der Waals surface area contributed by atoms with E-state index in [-0.39, 0.29) is 34.2 Å². The van der Waals surface area contributed by atoms with Gasteiger partial charge in [-0.05, 0) is 90.6 Å². The maximum atomic E-state index is 10.8. The molecule has 0 aliphatic heterocycles. The second-order valence-corrected chi connectivity index (χ2v) is 12.1. The molecular weight excluding hydrogens is 596 g/mol. The third-order valence-electron chi connectivity index (χ3n) is 7.82. The maximum absolute atomic E-state index is 10.8. The summed E-state index contributed by atoms with van der Waals surface area (Å²) in [5.74, 6) is 1.23. The lowest BCUT2D eigenvalue weighted by Gasteiger charge is -2.26. The minimum absolute atomic E-state index is 0.151. The van der Waals surface area contributed by atoms with Crippen molar-refractivity contribution in [1.82, 2.24) is 0 Å². The van der Waals surface area contributed by atoms with Crippen molar-refractivity contribution < 1.29 is 40.5 Å². The Labute approximate surface area is 275 Å². The summed E-state index contributed by atoms with van der Waals surface area (Å²) in [6.45, 7) is 10.2. The van der Waals surface area contributed by atoms with Crippen LogP contribution in [0.2, 0.25) is 0 Å². The fraction of sp³-hybridized carbons (Fsp3) is 0.205. The average Bonchev–Trinajstić information content (AvgIpc) is 2.99. The summed E-state index contributed by atoms with van der Waals surface area (Å²) >= 11 is 0. The lowest BCUT2D eigenvalue weighted by Crippen LogP contribution is -2.18. The Morgan fingerprint density at radius 3 is 1.17 bits per heavy atom. The van der Waals surface area contributed by atoms with Crippen molar-refractivity contribution in [1.29, 1.82) is 0 Å². The topological polar surface area (TPSA) is 159 Å². The van der Waals surface area contributed by atoms with Gasteiger partial charge in [-0.3, -0.25) is 0 Å². The summed E-state index contributed by atoms with van der Waals surface area (Å²) < 4.78 is 0. The standard InChI is InChI=1S/C23H24O3.C15H16O2.CH2O3/c1-14-4-6-21(24)17(8-14)12-19-10-16(3)11-20(23(19)26)13-18-9-15(2)5-7-22(18)25;1-15(2,11-3-7-13(16)8-4-11)12-5-9-14(17)10-6-12;2-1(3)4/h4-11,24-26H,12-13H2,1-3H3;3-10,16-17H,1-2H3;(H2,2,3,4). The van der Waals surface area contributed by atoms with Crippen molar-refractivity contribution in [3.63, 3.8) is 0 Å². The molecule has 0 aromatic heterocycles. The molecule has 0 bridgehead atoms. The number of aromatic hydroxyl groups is 5. The summed E-state index contributed by atoms with van der Waals surface area (Å²) in [6, 6.07) is 29.3. The summed E-state index contributed by atoms with van der Waals surface area (Å²) in [5, 5.41) is 63.6. The Bertz CT molecular complexity index is 1680. The van der Waals surface area contributed by atoms with Gasteiger partial charge in [-0.2, -0.15) is 0 Å². The van der Waals surface area contributed by atoms with E-state index < -0.39 is 6.16 Å². The number of phenolic OH excluding ortho intramolecular Hbond substituents is 5. The first-order valence-corrected chi connectivity index (χ1v) is 15.0. The number of hydrogen-bond acceptors (Lipinski definition) is 6. The molecule has 0 unspecified atom stereocenters. The van der Waals surface area contributed by atoms with Gasteiger partial charge >= 0.3 is 6.16 Å². The summed E-state index contributed by atoms with van der Waals surface area (Å²) in [4.78, 5) is 8.56. The molecule has 5 aromatic rings. The second kappa shape index (κ2) is 15.6. The van der Waals surface area contributed by atoms with Gasteiger partial charge in [-0.25, -0.2) is 4.79 Å². The molecule has 8 heteroatoms. The molecule has 0 radical (unpaired) electrons. The lowest BCUT2D eigenvalue weighted by molar-refractivity contribution is 0.137. The van der Waals surface area contributed by atoms with Gasteiger partial charge in [0.05, 0.1) is 0 Å². The van der Waals surface area contributed by atoms with Gasteiger partial charge < -0.3 is 35.7 Å². The minimum Gasteiger partial charge on any atom is -0.508 e. The van der Waals surface area contributed by atoms with E-state index in [0.717, 1.165) is 50.1 Å². The van der Waals surface area contributed by atoms with E-state index in [4.69, 9.17) is 15.0 Å². The van der Waals surface area contributed by atoms with Crippen LogP contribution in [0.25, 0.3) is 0 Å². The van der Waals surface area contributed by atoms with Gasteiger partial charge in [-0.15, -0.1) is 0 Å². The Hall–Kier alpha value is -5.63. The zero-order chi connectivity index (χ0) is 34.9. The molecule has 5 aromatic carbocycles. The lowest BCUT2D eigenvalue weighted by atomic mass is 9.78. The molecule has 8 nitrogen and oxygen atoms in total. The highest BCUT2D eigenvalue weighted by atomic mass is 16.6. The van der Waals surface area contributed by atoms with Crippen LogP contribution in [0.3, 0.4) is 0 Å². The highest BCUT2D eigenvalue weighted by Crippen LogP contribution is 2.34. The maximum Gasteiger partial charge on any atom is 0.503 e. The molecule has 7 N–H and O–H groups in total. The number of benzene rings is 5. The van der Waals surface area contributed by atoms with Crippen LogP contribution in [0.1, 0.15) is 63.9 Å². The number of aryl methyl sites for hydroxylation is 3. The van der Waals surface area contributed by atoms with Crippen LogP contribution < -0.4 is 0 Å². The predicted octanol–water partition coefficient (Wildman–Crippen LogP) is 8.56. The Morgan fingerprint density at radius 1 is 0.511 bits per heavy atom. The molecule has 0 atom stereocenters. The largest absolute Gasteiger partial charge is 0.508 e. The molecule has 0 aliphatic rings. The third-order valence-corrected chi connectivity index (χ3v) is 7.82. The summed E-state index contributed by atoms with van der Waals surface area (Å²) in [5.41, 5.74) is 8.38. The number of rotatable bonds is 6. The van der Waals surface area contributed by atoms with Crippen molar-refractivity contribution in [3.05, 3.63) is 147 Å². The number of carboxylic acid groups (broad SMARTS) is 2. The highest BCUT2D eigenvalue weighted by molar-refractivity contribution is 5.53. The summed E-state index contributed by atoms with van der Waals surface area (Å²) in [6.07, 6.45) is -0.929. The Balaban J connectivity index is 0.000000245. The fourth-order valence-electron chi connectivity index (χ4n) is 5.25. The average molecular weight is 639 g/mol. The van der Waals surface area contributed by atoms with Gasteiger partial charge in [0.1, 0.15) is 28.7 Å². The molecule has 0 spiro atoms. The molecule has 246 valence electrons. The summed E-state index contributed by atoms with van der Waals surface area (Å²) in [7, 11) is 0. The van der Waals surface area contributed by atoms with Crippen LogP contribution in [0.15, 0.2) is 97.1 Å². The molecule has 0 amide bonds. The van der Waals surface area contributed by atoms with E-state index in [1.807, 2.05) is 81.4 Å². The normalized spacial score (nSPS) is 10.7. The smallest absolute Gasteiger partial charge is 0.503 e. The highest BCUT2D eigenvalue weighted by Gasteiger charge is 2.22. The van der Waals surface area contributed by atoms with Gasteiger partial charge in [0.2, 0.25) is 0 Å². The van der Waals surface area contributed by atoms with Crippen molar-refractivity contribution in [2.24, 2.45) is 0 Å². The predicted molar refractivity (Wildman–Crippen MR) is 183 cm³/mol. The first kappa shape index (κ1) is 35.8. The van der Waals surface area contributed by atoms with Crippen molar-refractivity contribution in [3.8, 4) is 28.7 Å². The van der Waals surface area contributed by atoms with Crippen LogP contribution >= 0.6 is 0 Å². The van der Waals surface area contributed by atoms with Crippen molar-refractivity contribution >= 4 is 6.16 Å². The van der Waals surface area contributed by atoms with E-state index >= 15 is 0 Å². The van der Waals surface area contributed by atoms with Gasteiger partial charge in [-0.1, -0.05) is 91.2 Å².